The van der Waals surface area contributed by atoms with Gasteiger partial charge in [0.15, 0.2) is 0 Å². The van der Waals surface area contributed by atoms with Gasteiger partial charge in [0.05, 0.1) is 5.75 Å². The van der Waals surface area contributed by atoms with Gasteiger partial charge < -0.3 is 4.90 Å². The fourth-order valence-electron chi connectivity index (χ4n) is 1.77. The highest BCUT2D eigenvalue weighted by Crippen LogP contribution is 2.05. The number of sulfonamides is 1. The fourth-order valence-corrected chi connectivity index (χ4v) is 2.95. The van der Waals surface area contributed by atoms with Crippen molar-refractivity contribution in [2.45, 2.75) is 51.9 Å². The Labute approximate surface area is 118 Å². The molecule has 1 N–H and O–H groups in total. The lowest BCUT2D eigenvalue weighted by molar-refractivity contribution is 0.400. The molecular formula is C13H31FN2O2S. The van der Waals surface area contributed by atoms with Gasteiger partial charge in [0.25, 0.3) is 0 Å². The molecule has 0 heterocycles. The highest BCUT2D eigenvalue weighted by atomic mass is 32.2. The summed E-state index contributed by atoms with van der Waals surface area (Å²) >= 11 is 0. The third-order valence-electron chi connectivity index (χ3n) is 2.87. The second-order valence-corrected chi connectivity index (χ2v) is 7.06. The van der Waals surface area contributed by atoms with E-state index in [-0.39, 0.29) is 10.5 Å². The molecule has 0 atom stereocenters. The maximum atomic E-state index is 11.6. The van der Waals surface area contributed by atoms with Crippen LogP contribution in [-0.4, -0.2) is 46.3 Å². The summed E-state index contributed by atoms with van der Waals surface area (Å²) in [6, 6.07) is 0. The summed E-state index contributed by atoms with van der Waals surface area (Å²) < 4.78 is 25.9. The van der Waals surface area contributed by atoms with E-state index in [4.69, 9.17) is 0 Å². The average molecular weight is 298 g/mol. The van der Waals surface area contributed by atoms with Gasteiger partial charge in [0.1, 0.15) is 0 Å². The lowest BCUT2D eigenvalue weighted by Gasteiger charge is -2.10. The van der Waals surface area contributed by atoms with Crippen molar-refractivity contribution in [2.75, 3.05) is 32.9 Å². The molecule has 0 aliphatic heterocycles. The Morgan fingerprint density at radius 2 is 1.53 bits per heavy atom. The summed E-state index contributed by atoms with van der Waals surface area (Å²) in [6.45, 7) is 3.65. The van der Waals surface area contributed by atoms with Crippen molar-refractivity contribution in [2.24, 2.45) is 0 Å². The standard InChI is InChI=1S/C13H30N2O2S.FH/c1-4-5-6-7-8-9-13-18(16,17)14-11-10-12-15(2)3;/h14H,4-13H2,1-3H3;1H. The van der Waals surface area contributed by atoms with Gasteiger partial charge in [-0.05, 0) is 33.5 Å². The molecule has 6 heteroatoms. The average Bonchev–Trinajstić information content (AvgIpc) is 2.29. The first-order valence-electron chi connectivity index (χ1n) is 7.10. The summed E-state index contributed by atoms with van der Waals surface area (Å²) in [6.07, 6.45) is 7.55. The quantitative estimate of drug-likeness (QED) is 0.563. The van der Waals surface area contributed by atoms with Crippen LogP contribution in [0.25, 0.3) is 0 Å². The zero-order valence-corrected chi connectivity index (χ0v) is 13.5. The molecule has 0 rings (SSSR count). The van der Waals surface area contributed by atoms with Crippen molar-refractivity contribution in [3.8, 4) is 0 Å². The fraction of sp³-hybridized carbons (Fsp3) is 1.00. The zero-order chi connectivity index (χ0) is 13.9. The third kappa shape index (κ3) is 15.7. The van der Waals surface area contributed by atoms with E-state index < -0.39 is 10.0 Å². The van der Waals surface area contributed by atoms with Gasteiger partial charge in [-0.25, -0.2) is 13.1 Å². The summed E-state index contributed by atoms with van der Waals surface area (Å²) in [5, 5.41) is 0. The molecule has 0 aliphatic carbocycles. The van der Waals surface area contributed by atoms with Crippen LogP contribution in [0.1, 0.15) is 51.9 Å². The Morgan fingerprint density at radius 1 is 0.947 bits per heavy atom. The van der Waals surface area contributed by atoms with E-state index in [1.54, 1.807) is 0 Å². The van der Waals surface area contributed by atoms with Gasteiger partial charge in [-0.3, -0.25) is 4.70 Å². The largest absolute Gasteiger partial charge is 0.309 e. The second kappa shape index (κ2) is 12.8. The highest BCUT2D eigenvalue weighted by Gasteiger charge is 2.08. The molecule has 118 valence electrons. The molecule has 0 amide bonds. The first kappa shape index (κ1) is 21.1. The molecule has 0 radical (unpaired) electrons. The zero-order valence-electron chi connectivity index (χ0n) is 12.7. The summed E-state index contributed by atoms with van der Waals surface area (Å²) in [5.74, 6) is 0.279. The topological polar surface area (TPSA) is 49.4 Å². The lowest BCUT2D eigenvalue weighted by atomic mass is 10.1. The van der Waals surface area contributed by atoms with Crippen LogP contribution in [0.3, 0.4) is 0 Å². The van der Waals surface area contributed by atoms with Gasteiger partial charge in [0.2, 0.25) is 10.0 Å². The van der Waals surface area contributed by atoms with Crippen LogP contribution < -0.4 is 4.72 Å². The molecule has 19 heavy (non-hydrogen) atoms. The normalized spacial score (nSPS) is 11.6. The highest BCUT2D eigenvalue weighted by molar-refractivity contribution is 7.89. The van der Waals surface area contributed by atoms with Gasteiger partial charge >= 0.3 is 0 Å². The van der Waals surface area contributed by atoms with E-state index >= 15 is 0 Å². The van der Waals surface area contributed by atoms with Crippen LogP contribution >= 0.6 is 0 Å². The summed E-state index contributed by atoms with van der Waals surface area (Å²) in [5.41, 5.74) is 0. The van der Waals surface area contributed by atoms with Crippen LogP contribution in [-0.2, 0) is 10.0 Å². The number of hydrogen-bond donors (Lipinski definition) is 1. The number of hydrogen-bond acceptors (Lipinski definition) is 3. The lowest BCUT2D eigenvalue weighted by Crippen LogP contribution is -2.29. The monoisotopic (exact) mass is 298 g/mol. The molecule has 0 saturated heterocycles. The van der Waals surface area contributed by atoms with E-state index in [1.165, 1.54) is 19.3 Å². The van der Waals surface area contributed by atoms with Gasteiger partial charge in [0, 0.05) is 6.54 Å². The van der Waals surface area contributed by atoms with Gasteiger partial charge in [-0.15, -0.1) is 0 Å². The number of rotatable bonds is 12. The predicted molar refractivity (Wildman–Crippen MR) is 80.8 cm³/mol. The Kier molecular flexibility index (Phi) is 14.2. The number of nitrogens with zero attached hydrogens (tertiary/aromatic N) is 1. The van der Waals surface area contributed by atoms with Crippen LogP contribution in [0.15, 0.2) is 0 Å². The van der Waals surface area contributed by atoms with E-state index in [0.29, 0.717) is 6.54 Å². The van der Waals surface area contributed by atoms with E-state index in [9.17, 15) is 8.42 Å². The van der Waals surface area contributed by atoms with Crippen LogP contribution in [0.4, 0.5) is 4.70 Å². The molecular weight excluding hydrogens is 267 g/mol. The molecule has 0 unspecified atom stereocenters. The number of nitrogens with one attached hydrogen (secondary N) is 1. The Hall–Kier alpha value is -0.200. The smallest absolute Gasteiger partial charge is 0.211 e. The maximum Gasteiger partial charge on any atom is 0.211 e. The molecule has 0 aromatic carbocycles. The van der Waals surface area contributed by atoms with Crippen molar-refractivity contribution in [1.29, 1.82) is 0 Å². The van der Waals surface area contributed by atoms with Gasteiger partial charge in [-0.1, -0.05) is 39.0 Å². The minimum Gasteiger partial charge on any atom is -0.309 e. The first-order chi connectivity index (χ1) is 8.48. The van der Waals surface area contributed by atoms with Crippen molar-refractivity contribution in [3.63, 3.8) is 0 Å². The third-order valence-corrected chi connectivity index (χ3v) is 4.34. The maximum absolute atomic E-state index is 11.6. The SMILES string of the molecule is CCCCCCCCS(=O)(=O)NCCCN(C)C.F. The summed E-state index contributed by atoms with van der Waals surface area (Å²) in [4.78, 5) is 2.06. The van der Waals surface area contributed by atoms with Crippen molar-refractivity contribution in [3.05, 3.63) is 0 Å². The van der Waals surface area contributed by atoms with E-state index in [1.807, 2.05) is 14.1 Å². The van der Waals surface area contributed by atoms with E-state index in [2.05, 4.69) is 16.5 Å². The van der Waals surface area contributed by atoms with Crippen molar-refractivity contribution >= 4 is 10.0 Å². The predicted octanol–water partition coefficient (Wildman–Crippen LogP) is 2.37. The summed E-state index contributed by atoms with van der Waals surface area (Å²) in [7, 11) is 0.941. The molecule has 0 bridgehead atoms. The first-order valence-corrected chi connectivity index (χ1v) is 8.75. The molecule has 0 fully saturated rings. The van der Waals surface area contributed by atoms with Crippen LogP contribution in [0, 0.1) is 0 Å². The minimum atomic E-state index is -3.04. The molecule has 0 aliphatic rings. The van der Waals surface area contributed by atoms with Crippen LogP contribution in [0.5, 0.6) is 0 Å². The van der Waals surface area contributed by atoms with Crippen molar-refractivity contribution in [1.82, 2.24) is 9.62 Å². The Morgan fingerprint density at radius 3 is 2.11 bits per heavy atom. The molecule has 0 spiro atoms. The van der Waals surface area contributed by atoms with Crippen molar-refractivity contribution < 1.29 is 13.1 Å². The molecule has 0 aromatic heterocycles. The van der Waals surface area contributed by atoms with Gasteiger partial charge in [-0.2, -0.15) is 0 Å². The Balaban J connectivity index is 0. The number of unbranched alkanes of at least 4 members (excludes halogenated alkanes) is 5. The van der Waals surface area contributed by atoms with E-state index in [0.717, 1.165) is 32.2 Å². The molecule has 0 aromatic rings. The van der Waals surface area contributed by atoms with Crippen LogP contribution in [0.2, 0.25) is 0 Å². The second-order valence-electron chi connectivity index (χ2n) is 5.14. The molecule has 4 nitrogen and oxygen atoms in total. The molecule has 0 saturated carbocycles. The number of halogens is 1. The minimum absolute atomic E-state index is 0. The Bertz CT molecular complexity index is 282.